The number of nitriles is 1. The van der Waals surface area contributed by atoms with Gasteiger partial charge in [0.1, 0.15) is 6.07 Å². The molecule has 2 saturated heterocycles. The molecular formula is C12H14N4O. The molecule has 1 aromatic heterocycles. The SMILES string of the molecule is N#Cc1ccncc1N1CC2CNCC(C1)O2. The molecule has 2 fully saturated rings. The minimum absolute atomic E-state index is 0.217. The summed E-state index contributed by atoms with van der Waals surface area (Å²) in [6, 6.07) is 3.98. The highest BCUT2D eigenvalue weighted by molar-refractivity contribution is 5.58. The number of hydrogen-bond donors (Lipinski definition) is 1. The molecule has 0 spiro atoms. The maximum absolute atomic E-state index is 9.10. The van der Waals surface area contributed by atoms with Crippen molar-refractivity contribution in [3.63, 3.8) is 0 Å². The Balaban J connectivity index is 1.87. The molecule has 0 aliphatic carbocycles. The van der Waals surface area contributed by atoms with Crippen molar-refractivity contribution in [1.29, 1.82) is 5.26 Å². The molecule has 0 saturated carbocycles. The predicted octanol–water partition coefficient (Wildman–Crippen LogP) is 0.130. The summed E-state index contributed by atoms with van der Waals surface area (Å²) < 4.78 is 5.84. The van der Waals surface area contributed by atoms with Gasteiger partial charge in [-0.2, -0.15) is 5.26 Å². The average molecular weight is 230 g/mol. The number of morpholine rings is 2. The van der Waals surface area contributed by atoms with Crippen molar-refractivity contribution in [3.05, 3.63) is 24.0 Å². The zero-order chi connectivity index (χ0) is 11.7. The van der Waals surface area contributed by atoms with Crippen molar-refractivity contribution in [2.45, 2.75) is 12.2 Å². The van der Waals surface area contributed by atoms with E-state index in [1.54, 1.807) is 18.5 Å². The smallest absolute Gasteiger partial charge is 0.101 e. The fourth-order valence-electron chi connectivity index (χ4n) is 2.48. The first-order chi connectivity index (χ1) is 8.36. The van der Waals surface area contributed by atoms with Crippen LogP contribution in [0.3, 0.4) is 0 Å². The maximum Gasteiger partial charge on any atom is 0.101 e. The summed E-state index contributed by atoms with van der Waals surface area (Å²) in [5, 5.41) is 12.5. The normalized spacial score (nSPS) is 27.6. The van der Waals surface area contributed by atoms with Gasteiger partial charge in [-0.05, 0) is 6.07 Å². The zero-order valence-corrected chi connectivity index (χ0v) is 9.47. The van der Waals surface area contributed by atoms with Gasteiger partial charge in [-0.25, -0.2) is 0 Å². The number of ether oxygens (including phenoxy) is 1. The van der Waals surface area contributed by atoms with E-state index in [9.17, 15) is 0 Å². The van der Waals surface area contributed by atoms with Crippen LogP contribution >= 0.6 is 0 Å². The first-order valence-corrected chi connectivity index (χ1v) is 5.82. The van der Waals surface area contributed by atoms with Gasteiger partial charge in [0.25, 0.3) is 0 Å². The number of nitrogens with one attached hydrogen (secondary N) is 1. The molecule has 0 aromatic carbocycles. The van der Waals surface area contributed by atoms with Crippen molar-refractivity contribution in [1.82, 2.24) is 10.3 Å². The summed E-state index contributed by atoms with van der Waals surface area (Å²) in [4.78, 5) is 6.33. The Morgan fingerprint density at radius 2 is 2.18 bits per heavy atom. The Kier molecular flexibility index (Phi) is 2.67. The second-order valence-corrected chi connectivity index (χ2v) is 4.45. The lowest BCUT2D eigenvalue weighted by Crippen LogP contribution is -2.58. The van der Waals surface area contributed by atoms with E-state index in [1.807, 2.05) is 0 Å². The molecule has 0 amide bonds. The van der Waals surface area contributed by atoms with Crippen molar-refractivity contribution in [2.24, 2.45) is 0 Å². The molecule has 1 N–H and O–H groups in total. The van der Waals surface area contributed by atoms with Gasteiger partial charge >= 0.3 is 0 Å². The van der Waals surface area contributed by atoms with Gasteiger partial charge in [0.05, 0.1) is 29.7 Å². The number of fused-ring (bicyclic) bond motifs is 2. The van der Waals surface area contributed by atoms with Crippen molar-refractivity contribution in [3.8, 4) is 6.07 Å². The molecule has 2 unspecified atom stereocenters. The van der Waals surface area contributed by atoms with E-state index in [-0.39, 0.29) is 12.2 Å². The summed E-state index contributed by atoms with van der Waals surface area (Å²) in [6.45, 7) is 3.41. The van der Waals surface area contributed by atoms with Crippen LogP contribution in [-0.4, -0.2) is 43.4 Å². The van der Waals surface area contributed by atoms with Crippen molar-refractivity contribution >= 4 is 5.69 Å². The number of hydrogen-bond acceptors (Lipinski definition) is 5. The molecule has 88 valence electrons. The molecule has 3 heterocycles. The van der Waals surface area contributed by atoms with Crippen molar-refractivity contribution in [2.75, 3.05) is 31.1 Å². The molecule has 2 bridgehead atoms. The monoisotopic (exact) mass is 230 g/mol. The lowest BCUT2D eigenvalue weighted by Gasteiger charge is -2.42. The number of rotatable bonds is 1. The largest absolute Gasteiger partial charge is 0.369 e. The van der Waals surface area contributed by atoms with Gasteiger partial charge < -0.3 is 15.0 Å². The molecule has 1 aromatic rings. The number of pyridine rings is 1. The second kappa shape index (κ2) is 4.32. The van der Waals surface area contributed by atoms with E-state index in [1.165, 1.54) is 0 Å². The average Bonchev–Trinajstić information content (AvgIpc) is 2.38. The van der Waals surface area contributed by atoms with Gasteiger partial charge in [0.2, 0.25) is 0 Å². The molecule has 2 aliphatic heterocycles. The number of aromatic nitrogens is 1. The molecule has 2 aliphatic rings. The highest BCUT2D eigenvalue weighted by Crippen LogP contribution is 2.23. The fraction of sp³-hybridized carbons (Fsp3) is 0.500. The molecule has 5 nitrogen and oxygen atoms in total. The first kappa shape index (κ1) is 10.5. The van der Waals surface area contributed by atoms with E-state index in [0.29, 0.717) is 5.56 Å². The molecular weight excluding hydrogens is 216 g/mol. The van der Waals surface area contributed by atoms with Crippen LogP contribution in [-0.2, 0) is 4.74 Å². The third-order valence-electron chi connectivity index (χ3n) is 3.24. The number of anilines is 1. The van der Waals surface area contributed by atoms with E-state index >= 15 is 0 Å². The van der Waals surface area contributed by atoms with E-state index in [2.05, 4.69) is 21.3 Å². The maximum atomic E-state index is 9.10. The van der Waals surface area contributed by atoms with Crippen LogP contribution in [0.25, 0.3) is 0 Å². The van der Waals surface area contributed by atoms with Gasteiger partial charge in [0.15, 0.2) is 0 Å². The first-order valence-electron chi connectivity index (χ1n) is 5.82. The minimum atomic E-state index is 0.217. The summed E-state index contributed by atoms with van der Waals surface area (Å²) in [6.07, 6.45) is 3.86. The van der Waals surface area contributed by atoms with Crippen LogP contribution in [0.5, 0.6) is 0 Å². The molecule has 5 heteroatoms. The van der Waals surface area contributed by atoms with Crippen LogP contribution in [0.15, 0.2) is 18.5 Å². The van der Waals surface area contributed by atoms with Gasteiger partial charge in [-0.15, -0.1) is 0 Å². The highest BCUT2D eigenvalue weighted by Gasteiger charge is 2.31. The minimum Gasteiger partial charge on any atom is -0.369 e. The lowest BCUT2D eigenvalue weighted by molar-refractivity contribution is -0.0484. The second-order valence-electron chi connectivity index (χ2n) is 4.45. The predicted molar refractivity (Wildman–Crippen MR) is 62.7 cm³/mol. The molecule has 3 rings (SSSR count). The zero-order valence-electron chi connectivity index (χ0n) is 9.47. The summed E-state index contributed by atoms with van der Waals surface area (Å²) in [5.74, 6) is 0. The molecule has 0 radical (unpaired) electrons. The van der Waals surface area contributed by atoms with Crippen LogP contribution in [0.2, 0.25) is 0 Å². The van der Waals surface area contributed by atoms with Crippen LogP contribution in [0.4, 0.5) is 5.69 Å². The lowest BCUT2D eigenvalue weighted by atomic mass is 10.1. The van der Waals surface area contributed by atoms with E-state index < -0.39 is 0 Å². The summed E-state index contributed by atoms with van der Waals surface area (Å²) in [7, 11) is 0. The highest BCUT2D eigenvalue weighted by atomic mass is 16.5. The third kappa shape index (κ3) is 1.97. The Bertz CT molecular complexity index is 444. The fourth-order valence-corrected chi connectivity index (χ4v) is 2.48. The van der Waals surface area contributed by atoms with Gasteiger partial charge in [-0.3, -0.25) is 4.98 Å². The van der Waals surface area contributed by atoms with Gasteiger partial charge in [0, 0.05) is 32.4 Å². The third-order valence-corrected chi connectivity index (χ3v) is 3.24. The molecule has 17 heavy (non-hydrogen) atoms. The Labute approximate surface area is 100 Å². The van der Waals surface area contributed by atoms with Crippen LogP contribution in [0.1, 0.15) is 5.56 Å². The topological polar surface area (TPSA) is 61.2 Å². The van der Waals surface area contributed by atoms with Crippen LogP contribution in [0, 0.1) is 11.3 Å². The Hall–Kier alpha value is -1.64. The van der Waals surface area contributed by atoms with E-state index in [0.717, 1.165) is 31.9 Å². The Morgan fingerprint density at radius 1 is 1.41 bits per heavy atom. The van der Waals surface area contributed by atoms with Crippen molar-refractivity contribution < 1.29 is 4.74 Å². The summed E-state index contributed by atoms with van der Waals surface area (Å²) >= 11 is 0. The summed E-state index contributed by atoms with van der Waals surface area (Å²) in [5.41, 5.74) is 1.61. The Morgan fingerprint density at radius 3 is 2.88 bits per heavy atom. The quantitative estimate of drug-likeness (QED) is 0.743. The van der Waals surface area contributed by atoms with Gasteiger partial charge in [-0.1, -0.05) is 0 Å². The van der Waals surface area contributed by atoms with E-state index in [4.69, 9.17) is 10.00 Å². The molecule has 2 atom stereocenters. The van der Waals surface area contributed by atoms with Crippen LogP contribution < -0.4 is 10.2 Å². The number of nitrogens with zero attached hydrogens (tertiary/aromatic N) is 3. The standard InChI is InChI=1S/C12H14N4O/c13-3-9-1-2-14-6-12(9)16-7-10-4-15-5-11(8-16)17-10/h1-2,6,10-11,15H,4-5,7-8H2.